The molecule has 1 aliphatic carbocycles. The van der Waals surface area contributed by atoms with Crippen molar-refractivity contribution in [3.8, 4) is 0 Å². The van der Waals surface area contributed by atoms with E-state index in [-0.39, 0.29) is 11.8 Å². The molecule has 0 aliphatic heterocycles. The molecule has 20 heavy (non-hydrogen) atoms. The van der Waals surface area contributed by atoms with Crippen LogP contribution in [-0.4, -0.2) is 19.1 Å². The second-order valence-electron chi connectivity index (χ2n) is 5.38. The van der Waals surface area contributed by atoms with Crippen molar-refractivity contribution in [1.29, 1.82) is 0 Å². The Balaban J connectivity index is 1.78. The van der Waals surface area contributed by atoms with Crippen LogP contribution < -0.4 is 16.4 Å². The second kappa shape index (κ2) is 7.24. The topological polar surface area (TPSA) is 67.1 Å². The van der Waals surface area contributed by atoms with Gasteiger partial charge in [-0.1, -0.05) is 12.8 Å². The van der Waals surface area contributed by atoms with Gasteiger partial charge in [0.25, 0.3) is 0 Å². The molecule has 1 aliphatic rings. The third kappa shape index (κ3) is 4.20. The third-order valence-corrected chi connectivity index (χ3v) is 4.00. The largest absolute Gasteiger partial charge is 0.338 e. The number of halogens is 1. The van der Waals surface area contributed by atoms with Gasteiger partial charge >= 0.3 is 6.03 Å². The summed E-state index contributed by atoms with van der Waals surface area (Å²) in [6.07, 6.45) is 4.73. The highest BCUT2D eigenvalue weighted by Crippen LogP contribution is 2.28. The van der Waals surface area contributed by atoms with Gasteiger partial charge < -0.3 is 16.4 Å². The Kier molecular flexibility index (Phi) is 5.35. The Morgan fingerprint density at radius 2 is 1.85 bits per heavy atom. The van der Waals surface area contributed by atoms with Crippen LogP contribution in [0, 0.1) is 17.7 Å². The van der Waals surface area contributed by atoms with E-state index < -0.39 is 0 Å². The molecule has 0 heterocycles. The van der Waals surface area contributed by atoms with Gasteiger partial charge in [-0.3, -0.25) is 0 Å². The predicted octanol–water partition coefficient (Wildman–Crippen LogP) is 2.71. The van der Waals surface area contributed by atoms with E-state index in [1.807, 2.05) is 0 Å². The normalized spacial score (nSPS) is 22.3. The van der Waals surface area contributed by atoms with Crippen molar-refractivity contribution in [2.45, 2.75) is 25.7 Å². The van der Waals surface area contributed by atoms with E-state index in [4.69, 9.17) is 5.73 Å². The van der Waals surface area contributed by atoms with Gasteiger partial charge in [-0.25, -0.2) is 9.18 Å². The number of carbonyl (C=O) groups excluding carboxylic acids is 1. The average molecular weight is 279 g/mol. The summed E-state index contributed by atoms with van der Waals surface area (Å²) < 4.78 is 12.8. The number of nitrogens with two attached hydrogens (primary N) is 1. The van der Waals surface area contributed by atoms with Crippen molar-refractivity contribution < 1.29 is 9.18 Å². The van der Waals surface area contributed by atoms with Gasteiger partial charge in [-0.15, -0.1) is 0 Å². The summed E-state index contributed by atoms with van der Waals surface area (Å²) in [6, 6.07) is 5.47. The van der Waals surface area contributed by atoms with Gasteiger partial charge in [0.2, 0.25) is 0 Å². The van der Waals surface area contributed by atoms with Crippen LogP contribution in [0.1, 0.15) is 25.7 Å². The Labute approximate surface area is 118 Å². The Morgan fingerprint density at radius 1 is 1.20 bits per heavy atom. The summed E-state index contributed by atoms with van der Waals surface area (Å²) in [5, 5.41) is 5.57. The number of hydrogen-bond donors (Lipinski definition) is 3. The molecule has 2 rings (SSSR count). The van der Waals surface area contributed by atoms with Crippen LogP contribution in [-0.2, 0) is 0 Å². The van der Waals surface area contributed by atoms with Crippen LogP contribution in [0.25, 0.3) is 0 Å². The molecule has 2 unspecified atom stereocenters. The van der Waals surface area contributed by atoms with Gasteiger partial charge in [0.05, 0.1) is 0 Å². The molecule has 4 nitrogen and oxygen atoms in total. The quantitative estimate of drug-likeness (QED) is 0.793. The summed E-state index contributed by atoms with van der Waals surface area (Å²) in [5.74, 6) is 0.659. The maximum absolute atomic E-state index is 12.8. The lowest BCUT2D eigenvalue weighted by atomic mass is 9.79. The highest BCUT2D eigenvalue weighted by atomic mass is 19.1. The summed E-state index contributed by atoms with van der Waals surface area (Å²) >= 11 is 0. The maximum Gasteiger partial charge on any atom is 0.319 e. The molecular formula is C15H22FN3O. The number of benzene rings is 1. The van der Waals surface area contributed by atoms with E-state index in [1.54, 1.807) is 0 Å². The van der Waals surface area contributed by atoms with Crippen LogP contribution >= 0.6 is 0 Å². The van der Waals surface area contributed by atoms with Crippen molar-refractivity contribution in [2.24, 2.45) is 17.6 Å². The zero-order chi connectivity index (χ0) is 14.4. The first kappa shape index (κ1) is 14.8. The van der Waals surface area contributed by atoms with E-state index in [2.05, 4.69) is 10.6 Å². The molecule has 110 valence electrons. The van der Waals surface area contributed by atoms with Crippen molar-refractivity contribution in [3.05, 3.63) is 30.1 Å². The number of nitrogens with one attached hydrogen (secondary N) is 2. The first-order valence-corrected chi connectivity index (χ1v) is 7.19. The lowest BCUT2D eigenvalue weighted by Gasteiger charge is -2.30. The minimum atomic E-state index is -0.316. The number of amides is 2. The van der Waals surface area contributed by atoms with E-state index in [9.17, 15) is 9.18 Å². The lowest BCUT2D eigenvalue weighted by molar-refractivity contribution is 0.225. The van der Waals surface area contributed by atoms with E-state index in [1.165, 1.54) is 37.1 Å². The van der Waals surface area contributed by atoms with Gasteiger partial charge in [-0.05, 0) is 55.5 Å². The molecule has 2 atom stereocenters. The summed E-state index contributed by atoms with van der Waals surface area (Å²) in [6.45, 7) is 1.33. The number of carbonyl (C=O) groups is 1. The predicted molar refractivity (Wildman–Crippen MR) is 77.9 cm³/mol. The van der Waals surface area contributed by atoms with Crippen molar-refractivity contribution >= 4 is 11.7 Å². The maximum atomic E-state index is 12.8. The van der Waals surface area contributed by atoms with Crippen molar-refractivity contribution in [2.75, 3.05) is 18.4 Å². The molecule has 1 aromatic rings. The third-order valence-electron chi connectivity index (χ3n) is 4.00. The Hall–Kier alpha value is -1.62. The molecule has 0 bridgehead atoms. The fourth-order valence-electron chi connectivity index (χ4n) is 2.80. The van der Waals surface area contributed by atoms with E-state index in [0.717, 1.165) is 12.8 Å². The van der Waals surface area contributed by atoms with Crippen molar-refractivity contribution in [3.63, 3.8) is 0 Å². The molecule has 5 heteroatoms. The second-order valence-corrected chi connectivity index (χ2v) is 5.38. The van der Waals surface area contributed by atoms with Crippen LogP contribution in [0.4, 0.5) is 14.9 Å². The molecule has 2 amide bonds. The minimum Gasteiger partial charge on any atom is -0.338 e. The number of anilines is 1. The van der Waals surface area contributed by atoms with Gasteiger partial charge in [-0.2, -0.15) is 0 Å². The minimum absolute atomic E-state index is 0.252. The molecule has 1 saturated carbocycles. The lowest BCUT2D eigenvalue weighted by Crippen LogP contribution is -2.38. The van der Waals surface area contributed by atoms with Gasteiger partial charge in [0, 0.05) is 12.2 Å². The zero-order valence-electron chi connectivity index (χ0n) is 11.6. The SMILES string of the molecule is NCC1CCCCC1CNC(=O)Nc1ccc(F)cc1. The first-order valence-electron chi connectivity index (χ1n) is 7.19. The summed E-state index contributed by atoms with van der Waals surface area (Å²) in [7, 11) is 0. The van der Waals surface area contributed by atoms with Gasteiger partial charge in [0.1, 0.15) is 5.82 Å². The molecular weight excluding hydrogens is 257 g/mol. The summed E-state index contributed by atoms with van der Waals surface area (Å²) in [4.78, 5) is 11.8. The molecule has 0 spiro atoms. The fourth-order valence-corrected chi connectivity index (χ4v) is 2.80. The monoisotopic (exact) mass is 279 g/mol. The van der Waals surface area contributed by atoms with Crippen LogP contribution in [0.3, 0.4) is 0 Å². The standard InChI is InChI=1S/C15H22FN3O/c16-13-5-7-14(8-6-13)19-15(20)18-10-12-4-2-1-3-11(12)9-17/h5-8,11-12H,1-4,9-10,17H2,(H2,18,19,20). The molecule has 0 saturated heterocycles. The molecule has 1 aromatic carbocycles. The Morgan fingerprint density at radius 3 is 2.50 bits per heavy atom. The van der Waals surface area contributed by atoms with Crippen LogP contribution in [0.5, 0.6) is 0 Å². The van der Waals surface area contributed by atoms with E-state index in [0.29, 0.717) is 30.6 Å². The number of rotatable bonds is 4. The number of hydrogen-bond acceptors (Lipinski definition) is 2. The Bertz CT molecular complexity index is 435. The molecule has 4 N–H and O–H groups in total. The van der Waals surface area contributed by atoms with E-state index >= 15 is 0 Å². The molecule has 0 aromatic heterocycles. The van der Waals surface area contributed by atoms with Crippen molar-refractivity contribution in [1.82, 2.24) is 5.32 Å². The summed E-state index contributed by atoms with van der Waals surface area (Å²) in [5.41, 5.74) is 6.36. The van der Waals surface area contributed by atoms with Crippen LogP contribution in [0.15, 0.2) is 24.3 Å². The molecule has 0 radical (unpaired) electrons. The fraction of sp³-hybridized carbons (Fsp3) is 0.533. The first-order chi connectivity index (χ1) is 9.69. The molecule has 1 fully saturated rings. The average Bonchev–Trinajstić information content (AvgIpc) is 2.48. The van der Waals surface area contributed by atoms with Crippen LogP contribution in [0.2, 0.25) is 0 Å². The zero-order valence-corrected chi connectivity index (χ0v) is 11.6. The smallest absolute Gasteiger partial charge is 0.319 e. The number of urea groups is 1. The van der Waals surface area contributed by atoms with Gasteiger partial charge in [0.15, 0.2) is 0 Å². The highest BCUT2D eigenvalue weighted by Gasteiger charge is 2.24. The highest BCUT2D eigenvalue weighted by molar-refractivity contribution is 5.89.